The van der Waals surface area contributed by atoms with E-state index in [0.29, 0.717) is 0 Å². The van der Waals surface area contributed by atoms with Crippen molar-refractivity contribution in [3.8, 4) is 5.82 Å². The van der Waals surface area contributed by atoms with Gasteiger partial charge in [0, 0.05) is 18.9 Å². The summed E-state index contributed by atoms with van der Waals surface area (Å²) < 4.78 is 1.91. The van der Waals surface area contributed by atoms with Gasteiger partial charge in [-0.3, -0.25) is 4.57 Å². The molecule has 16 heavy (non-hydrogen) atoms. The van der Waals surface area contributed by atoms with E-state index in [-0.39, 0.29) is 0 Å². The SMILES string of the molecule is CCNCc1ccc(-n2ccnc2C)nn1. The van der Waals surface area contributed by atoms with Gasteiger partial charge in [0.05, 0.1) is 5.69 Å². The molecule has 0 saturated heterocycles. The lowest BCUT2D eigenvalue weighted by Gasteiger charge is -2.04. The third kappa shape index (κ3) is 2.25. The minimum absolute atomic E-state index is 0.757. The molecule has 2 aromatic heterocycles. The molecule has 0 fully saturated rings. The molecule has 2 aromatic rings. The third-order valence-corrected chi connectivity index (χ3v) is 2.33. The van der Waals surface area contributed by atoms with Crippen molar-refractivity contribution in [3.05, 3.63) is 36.0 Å². The maximum absolute atomic E-state index is 4.17. The van der Waals surface area contributed by atoms with Crippen LogP contribution >= 0.6 is 0 Å². The van der Waals surface area contributed by atoms with Crippen molar-refractivity contribution in [2.24, 2.45) is 0 Å². The maximum atomic E-state index is 4.17. The van der Waals surface area contributed by atoms with Gasteiger partial charge in [0.25, 0.3) is 0 Å². The van der Waals surface area contributed by atoms with Crippen LogP contribution in [0, 0.1) is 6.92 Å². The molecule has 1 N–H and O–H groups in total. The molecular formula is C11H15N5. The number of aryl methyl sites for hydroxylation is 1. The minimum atomic E-state index is 0.757. The largest absolute Gasteiger partial charge is 0.311 e. The zero-order chi connectivity index (χ0) is 11.4. The Hall–Kier alpha value is -1.75. The number of nitrogens with zero attached hydrogens (tertiary/aromatic N) is 4. The lowest BCUT2D eigenvalue weighted by Crippen LogP contribution is -2.13. The zero-order valence-electron chi connectivity index (χ0n) is 9.51. The van der Waals surface area contributed by atoms with Crippen LogP contribution in [0.4, 0.5) is 0 Å². The first-order valence-corrected chi connectivity index (χ1v) is 5.35. The molecule has 0 amide bonds. The summed E-state index contributed by atoms with van der Waals surface area (Å²) >= 11 is 0. The number of hydrogen-bond acceptors (Lipinski definition) is 4. The monoisotopic (exact) mass is 217 g/mol. The first kappa shape index (κ1) is 10.8. The Morgan fingerprint density at radius 1 is 1.31 bits per heavy atom. The summed E-state index contributed by atoms with van der Waals surface area (Å²) in [5.74, 6) is 1.71. The van der Waals surface area contributed by atoms with Crippen LogP contribution in [0.25, 0.3) is 5.82 Å². The van der Waals surface area contributed by atoms with Gasteiger partial charge in [-0.2, -0.15) is 5.10 Å². The summed E-state index contributed by atoms with van der Waals surface area (Å²) in [7, 11) is 0. The quantitative estimate of drug-likeness (QED) is 0.832. The van der Waals surface area contributed by atoms with E-state index >= 15 is 0 Å². The minimum Gasteiger partial charge on any atom is -0.311 e. The molecule has 0 aliphatic heterocycles. The van der Waals surface area contributed by atoms with Crippen LogP contribution in [-0.2, 0) is 6.54 Å². The summed E-state index contributed by atoms with van der Waals surface area (Å²) in [4.78, 5) is 4.15. The second kappa shape index (κ2) is 4.85. The molecule has 0 aromatic carbocycles. The smallest absolute Gasteiger partial charge is 0.160 e. The van der Waals surface area contributed by atoms with Crippen molar-refractivity contribution < 1.29 is 0 Å². The van der Waals surface area contributed by atoms with Crippen molar-refractivity contribution in [2.75, 3.05) is 6.54 Å². The van der Waals surface area contributed by atoms with Gasteiger partial charge in [-0.05, 0) is 25.6 Å². The van der Waals surface area contributed by atoms with Gasteiger partial charge in [0.2, 0.25) is 0 Å². The van der Waals surface area contributed by atoms with Crippen molar-refractivity contribution in [3.63, 3.8) is 0 Å². The van der Waals surface area contributed by atoms with E-state index in [9.17, 15) is 0 Å². The van der Waals surface area contributed by atoms with Gasteiger partial charge in [-0.25, -0.2) is 4.98 Å². The molecule has 0 aliphatic rings. The van der Waals surface area contributed by atoms with Crippen LogP contribution in [0.5, 0.6) is 0 Å². The van der Waals surface area contributed by atoms with Crippen molar-refractivity contribution >= 4 is 0 Å². The van der Waals surface area contributed by atoms with Crippen LogP contribution in [0.3, 0.4) is 0 Å². The molecule has 0 spiro atoms. The third-order valence-electron chi connectivity index (χ3n) is 2.33. The molecule has 0 radical (unpaired) electrons. The predicted molar refractivity (Wildman–Crippen MR) is 61.3 cm³/mol. The molecule has 0 saturated carbocycles. The molecule has 0 aliphatic carbocycles. The van der Waals surface area contributed by atoms with Gasteiger partial charge < -0.3 is 5.32 Å². The Morgan fingerprint density at radius 3 is 2.75 bits per heavy atom. The molecule has 0 bridgehead atoms. The number of nitrogens with one attached hydrogen (secondary N) is 1. The fraction of sp³-hybridized carbons (Fsp3) is 0.364. The van der Waals surface area contributed by atoms with E-state index < -0.39 is 0 Å². The number of aromatic nitrogens is 4. The Balaban J connectivity index is 2.16. The van der Waals surface area contributed by atoms with E-state index in [1.165, 1.54) is 0 Å². The van der Waals surface area contributed by atoms with Crippen LogP contribution in [0.15, 0.2) is 24.5 Å². The van der Waals surface area contributed by atoms with E-state index in [1.807, 2.05) is 29.8 Å². The zero-order valence-corrected chi connectivity index (χ0v) is 9.51. The Morgan fingerprint density at radius 2 is 2.19 bits per heavy atom. The summed E-state index contributed by atoms with van der Waals surface area (Å²) in [6.07, 6.45) is 3.63. The molecular weight excluding hydrogens is 202 g/mol. The van der Waals surface area contributed by atoms with Crippen LogP contribution in [0.2, 0.25) is 0 Å². The first-order valence-electron chi connectivity index (χ1n) is 5.35. The molecule has 5 heteroatoms. The second-order valence-corrected chi connectivity index (χ2v) is 3.51. The first-order chi connectivity index (χ1) is 7.81. The van der Waals surface area contributed by atoms with Gasteiger partial charge in [0.1, 0.15) is 5.82 Å². The van der Waals surface area contributed by atoms with Crippen LogP contribution in [-0.4, -0.2) is 26.3 Å². The van der Waals surface area contributed by atoms with E-state index in [0.717, 1.165) is 30.4 Å². The number of rotatable bonds is 4. The molecule has 2 rings (SSSR count). The van der Waals surface area contributed by atoms with Gasteiger partial charge in [0.15, 0.2) is 5.82 Å². The van der Waals surface area contributed by atoms with E-state index in [4.69, 9.17) is 0 Å². The van der Waals surface area contributed by atoms with E-state index in [1.54, 1.807) is 6.20 Å². The average molecular weight is 217 g/mol. The molecule has 0 unspecified atom stereocenters. The highest BCUT2D eigenvalue weighted by molar-refractivity contribution is 5.23. The Bertz CT molecular complexity index is 446. The summed E-state index contributed by atoms with van der Waals surface area (Å²) in [6.45, 7) is 5.70. The topological polar surface area (TPSA) is 55.6 Å². The predicted octanol–water partition coefficient (Wildman–Crippen LogP) is 1.08. The molecule has 2 heterocycles. The summed E-state index contributed by atoms with van der Waals surface area (Å²) in [6, 6.07) is 3.93. The summed E-state index contributed by atoms with van der Waals surface area (Å²) in [5.41, 5.74) is 0.948. The standard InChI is InChI=1S/C11H15N5/c1-3-12-8-10-4-5-11(15-14-10)16-7-6-13-9(16)2/h4-7,12H,3,8H2,1-2H3. The Kier molecular flexibility index (Phi) is 3.26. The number of hydrogen-bond donors (Lipinski definition) is 1. The highest BCUT2D eigenvalue weighted by atomic mass is 15.2. The van der Waals surface area contributed by atoms with Crippen molar-refractivity contribution in [1.82, 2.24) is 25.1 Å². The molecule has 5 nitrogen and oxygen atoms in total. The fourth-order valence-electron chi connectivity index (χ4n) is 1.45. The second-order valence-electron chi connectivity index (χ2n) is 3.51. The van der Waals surface area contributed by atoms with Gasteiger partial charge in [-0.1, -0.05) is 6.92 Å². The summed E-state index contributed by atoms with van der Waals surface area (Å²) in [5, 5.41) is 11.5. The van der Waals surface area contributed by atoms with Gasteiger partial charge >= 0.3 is 0 Å². The Labute approximate surface area is 94.5 Å². The molecule has 0 atom stereocenters. The fourth-order valence-corrected chi connectivity index (χ4v) is 1.45. The van der Waals surface area contributed by atoms with Crippen molar-refractivity contribution in [2.45, 2.75) is 20.4 Å². The highest BCUT2D eigenvalue weighted by Crippen LogP contribution is 2.06. The maximum Gasteiger partial charge on any atom is 0.160 e. The van der Waals surface area contributed by atoms with Gasteiger partial charge in [-0.15, -0.1) is 5.10 Å². The normalized spacial score (nSPS) is 10.6. The average Bonchev–Trinajstić information content (AvgIpc) is 2.74. The lowest BCUT2D eigenvalue weighted by atomic mass is 10.3. The van der Waals surface area contributed by atoms with E-state index in [2.05, 4.69) is 27.4 Å². The molecule has 84 valence electrons. The van der Waals surface area contributed by atoms with Crippen LogP contribution < -0.4 is 5.32 Å². The highest BCUT2D eigenvalue weighted by Gasteiger charge is 2.02. The van der Waals surface area contributed by atoms with Crippen LogP contribution in [0.1, 0.15) is 18.4 Å². The van der Waals surface area contributed by atoms with Crippen molar-refractivity contribution in [1.29, 1.82) is 0 Å². The number of imidazole rings is 1. The lowest BCUT2D eigenvalue weighted by molar-refractivity contribution is 0.695.